The summed E-state index contributed by atoms with van der Waals surface area (Å²) in [5.74, 6) is -0.287. The molecule has 3 nitrogen and oxygen atoms in total. The fourth-order valence-corrected chi connectivity index (χ4v) is 2.53. The Morgan fingerprint density at radius 2 is 2.10 bits per heavy atom. The molecule has 1 aromatic rings. The van der Waals surface area contributed by atoms with Gasteiger partial charge in [-0.05, 0) is 37.5 Å². The minimum absolute atomic E-state index is 0.287. The van der Waals surface area contributed by atoms with Crippen molar-refractivity contribution in [3.63, 3.8) is 0 Å². The largest absolute Gasteiger partial charge is 0.389 e. The molecule has 20 heavy (non-hydrogen) atoms. The van der Waals surface area contributed by atoms with Crippen LogP contribution in [-0.4, -0.2) is 30.5 Å². The second-order valence-electron chi connectivity index (χ2n) is 5.61. The number of rotatable bonds is 6. The number of hydrogen-bond acceptors (Lipinski definition) is 3. The predicted molar refractivity (Wildman–Crippen MR) is 78.5 cm³/mol. The topological polar surface area (TPSA) is 41.5 Å². The average Bonchev–Trinajstić information content (AvgIpc) is 2.45. The van der Waals surface area contributed by atoms with Gasteiger partial charge in [0.05, 0.1) is 24.5 Å². The molecule has 1 unspecified atom stereocenters. The van der Waals surface area contributed by atoms with Crippen LogP contribution < -0.4 is 5.32 Å². The zero-order chi connectivity index (χ0) is 14.4. The summed E-state index contributed by atoms with van der Waals surface area (Å²) in [4.78, 5) is 0. The molecule has 0 radical (unpaired) electrons. The van der Waals surface area contributed by atoms with E-state index in [9.17, 15) is 9.50 Å². The molecular weight excluding hydrogens is 257 g/mol. The highest BCUT2D eigenvalue weighted by Gasteiger charge is 2.15. The van der Waals surface area contributed by atoms with E-state index in [2.05, 4.69) is 5.32 Å². The molecule has 2 N–H and O–H groups in total. The van der Waals surface area contributed by atoms with Gasteiger partial charge < -0.3 is 15.2 Å². The van der Waals surface area contributed by atoms with E-state index in [1.165, 1.54) is 25.3 Å². The molecule has 2 rings (SSSR count). The summed E-state index contributed by atoms with van der Waals surface area (Å²) < 4.78 is 19.3. The summed E-state index contributed by atoms with van der Waals surface area (Å²) in [6.07, 6.45) is 5.57. The third-order valence-corrected chi connectivity index (χ3v) is 3.73. The van der Waals surface area contributed by atoms with Crippen LogP contribution in [0.3, 0.4) is 0 Å². The number of aryl methyl sites for hydroxylation is 1. The number of ether oxygens (including phenoxy) is 1. The van der Waals surface area contributed by atoms with Crippen LogP contribution in [-0.2, 0) is 4.74 Å². The van der Waals surface area contributed by atoms with Crippen molar-refractivity contribution in [1.29, 1.82) is 0 Å². The Bertz CT molecular complexity index is 419. The van der Waals surface area contributed by atoms with Gasteiger partial charge in [-0.2, -0.15) is 0 Å². The first kappa shape index (κ1) is 15.3. The van der Waals surface area contributed by atoms with Gasteiger partial charge >= 0.3 is 0 Å². The van der Waals surface area contributed by atoms with Gasteiger partial charge in [-0.3, -0.25) is 0 Å². The van der Waals surface area contributed by atoms with Crippen molar-refractivity contribution in [2.75, 3.05) is 18.5 Å². The van der Waals surface area contributed by atoms with Crippen molar-refractivity contribution in [2.45, 2.75) is 51.2 Å². The number of benzene rings is 1. The van der Waals surface area contributed by atoms with Crippen LogP contribution in [0, 0.1) is 12.7 Å². The number of aliphatic hydroxyl groups is 1. The number of nitrogens with one attached hydrogen (secondary N) is 1. The summed E-state index contributed by atoms with van der Waals surface area (Å²) in [6, 6.07) is 5.02. The molecule has 0 spiro atoms. The first-order valence-electron chi connectivity index (χ1n) is 7.45. The van der Waals surface area contributed by atoms with Crippen molar-refractivity contribution in [2.24, 2.45) is 0 Å². The van der Waals surface area contributed by atoms with Crippen molar-refractivity contribution < 1.29 is 14.2 Å². The lowest BCUT2D eigenvalue weighted by molar-refractivity contribution is -0.0195. The van der Waals surface area contributed by atoms with E-state index in [1.54, 1.807) is 6.07 Å². The van der Waals surface area contributed by atoms with E-state index >= 15 is 0 Å². The summed E-state index contributed by atoms with van der Waals surface area (Å²) in [7, 11) is 0. The van der Waals surface area contributed by atoms with Gasteiger partial charge in [-0.15, -0.1) is 0 Å². The standard InChI is InChI=1S/C16H24FNO2/c1-12-7-8-16(15(17)9-12)18-10-13(19)11-20-14-5-3-2-4-6-14/h7-9,13-14,18-19H,2-6,10-11H2,1H3. The maximum absolute atomic E-state index is 13.6. The Morgan fingerprint density at radius 1 is 1.35 bits per heavy atom. The lowest BCUT2D eigenvalue weighted by Gasteiger charge is -2.23. The molecule has 0 aliphatic heterocycles. The zero-order valence-corrected chi connectivity index (χ0v) is 12.1. The average molecular weight is 281 g/mol. The van der Waals surface area contributed by atoms with Crippen LogP contribution in [0.5, 0.6) is 0 Å². The second-order valence-corrected chi connectivity index (χ2v) is 5.61. The summed E-state index contributed by atoms with van der Waals surface area (Å²) in [5.41, 5.74) is 1.31. The summed E-state index contributed by atoms with van der Waals surface area (Å²) >= 11 is 0. The zero-order valence-electron chi connectivity index (χ0n) is 12.1. The third-order valence-electron chi connectivity index (χ3n) is 3.73. The molecule has 1 atom stereocenters. The van der Waals surface area contributed by atoms with Crippen molar-refractivity contribution in [3.8, 4) is 0 Å². The minimum Gasteiger partial charge on any atom is -0.389 e. The lowest BCUT2D eigenvalue weighted by Crippen LogP contribution is -2.28. The Morgan fingerprint density at radius 3 is 2.80 bits per heavy atom. The van der Waals surface area contributed by atoms with E-state index < -0.39 is 6.10 Å². The van der Waals surface area contributed by atoms with Crippen LogP contribution in [0.25, 0.3) is 0 Å². The van der Waals surface area contributed by atoms with Crippen LogP contribution in [0.1, 0.15) is 37.7 Å². The minimum atomic E-state index is -0.613. The Kier molecular flexibility index (Phi) is 5.80. The molecule has 1 fully saturated rings. The van der Waals surface area contributed by atoms with Gasteiger partial charge in [0.2, 0.25) is 0 Å². The fraction of sp³-hybridized carbons (Fsp3) is 0.625. The normalized spacial score (nSPS) is 17.9. The maximum atomic E-state index is 13.6. The van der Waals surface area contributed by atoms with Crippen LogP contribution in [0.15, 0.2) is 18.2 Å². The van der Waals surface area contributed by atoms with Crippen molar-refractivity contribution >= 4 is 5.69 Å². The van der Waals surface area contributed by atoms with Gasteiger partial charge in [0.15, 0.2) is 0 Å². The first-order chi connectivity index (χ1) is 9.65. The molecule has 0 bridgehead atoms. The number of aliphatic hydroxyl groups excluding tert-OH is 1. The number of halogens is 1. The SMILES string of the molecule is Cc1ccc(NCC(O)COC2CCCCC2)c(F)c1. The van der Waals surface area contributed by atoms with E-state index in [1.807, 2.05) is 13.0 Å². The summed E-state index contributed by atoms with van der Waals surface area (Å²) in [6.45, 7) is 2.46. The second kappa shape index (κ2) is 7.60. The fourth-order valence-electron chi connectivity index (χ4n) is 2.53. The van der Waals surface area contributed by atoms with E-state index in [-0.39, 0.29) is 11.9 Å². The molecular formula is C16H24FNO2. The number of anilines is 1. The Hall–Kier alpha value is -1.13. The molecule has 0 amide bonds. The van der Waals surface area contributed by atoms with Gasteiger partial charge in [0.1, 0.15) is 5.82 Å². The van der Waals surface area contributed by atoms with Crippen LogP contribution >= 0.6 is 0 Å². The molecule has 112 valence electrons. The molecule has 1 aliphatic carbocycles. The summed E-state index contributed by atoms with van der Waals surface area (Å²) in [5, 5.41) is 12.8. The van der Waals surface area contributed by atoms with Gasteiger partial charge in [0, 0.05) is 6.54 Å². The Labute approximate surface area is 120 Å². The monoisotopic (exact) mass is 281 g/mol. The quantitative estimate of drug-likeness (QED) is 0.841. The third kappa shape index (κ3) is 4.76. The lowest BCUT2D eigenvalue weighted by atomic mass is 9.98. The van der Waals surface area contributed by atoms with Crippen LogP contribution in [0.4, 0.5) is 10.1 Å². The highest BCUT2D eigenvalue weighted by molar-refractivity contribution is 5.46. The van der Waals surface area contributed by atoms with E-state index in [0.29, 0.717) is 18.8 Å². The molecule has 0 heterocycles. The van der Waals surface area contributed by atoms with Gasteiger partial charge in [-0.1, -0.05) is 25.3 Å². The van der Waals surface area contributed by atoms with Crippen LogP contribution in [0.2, 0.25) is 0 Å². The van der Waals surface area contributed by atoms with Crippen molar-refractivity contribution in [3.05, 3.63) is 29.6 Å². The van der Waals surface area contributed by atoms with Crippen molar-refractivity contribution in [1.82, 2.24) is 0 Å². The van der Waals surface area contributed by atoms with Gasteiger partial charge in [-0.25, -0.2) is 4.39 Å². The maximum Gasteiger partial charge on any atom is 0.146 e. The van der Waals surface area contributed by atoms with Gasteiger partial charge in [0.25, 0.3) is 0 Å². The smallest absolute Gasteiger partial charge is 0.146 e. The highest BCUT2D eigenvalue weighted by Crippen LogP contribution is 2.20. The molecule has 1 saturated carbocycles. The molecule has 1 aromatic carbocycles. The highest BCUT2D eigenvalue weighted by atomic mass is 19.1. The van der Waals surface area contributed by atoms with E-state index in [0.717, 1.165) is 18.4 Å². The first-order valence-corrected chi connectivity index (χ1v) is 7.45. The molecule has 1 aliphatic rings. The molecule has 0 aromatic heterocycles. The van der Waals surface area contributed by atoms with E-state index in [4.69, 9.17) is 4.74 Å². The molecule has 0 saturated heterocycles. The molecule has 4 heteroatoms. The number of hydrogen-bond donors (Lipinski definition) is 2. The Balaban J connectivity index is 1.70. The predicted octanol–water partition coefficient (Wildman–Crippen LogP) is 3.26.